The van der Waals surface area contributed by atoms with Gasteiger partial charge in [-0.1, -0.05) is 20.8 Å². The second-order valence-electron chi connectivity index (χ2n) is 8.67. The Labute approximate surface area is 165 Å². The molecule has 0 bridgehead atoms. The fraction of sp³-hybridized carbons (Fsp3) is 0.667. The number of nitrogens with zero attached hydrogens (tertiary/aromatic N) is 4. The van der Waals surface area contributed by atoms with E-state index in [-0.39, 0.29) is 36.1 Å². The van der Waals surface area contributed by atoms with Gasteiger partial charge in [0.2, 0.25) is 0 Å². The Kier molecular flexibility index (Phi) is 5.48. The highest BCUT2D eigenvalue weighted by atomic mass is 28.4. The van der Waals surface area contributed by atoms with Gasteiger partial charge in [-0.2, -0.15) is 0 Å². The first-order valence-electron chi connectivity index (χ1n) is 9.39. The summed E-state index contributed by atoms with van der Waals surface area (Å²) in [5.74, 6) is -0.0148. The Bertz CT molecular complexity index is 863. The van der Waals surface area contributed by atoms with Gasteiger partial charge >= 0.3 is 5.97 Å². The van der Waals surface area contributed by atoms with E-state index in [1.54, 1.807) is 6.33 Å². The van der Waals surface area contributed by atoms with Gasteiger partial charge < -0.3 is 19.6 Å². The Morgan fingerprint density at radius 3 is 2.71 bits per heavy atom. The van der Waals surface area contributed by atoms with Crippen LogP contribution in [-0.4, -0.2) is 52.6 Å². The first-order valence-corrected chi connectivity index (χ1v) is 12.3. The lowest BCUT2D eigenvalue weighted by atomic mass is 10.2. The number of aromatic nitrogens is 4. The minimum atomic E-state index is -2.04. The maximum atomic E-state index is 11.3. The minimum Gasteiger partial charge on any atom is -0.463 e. The van der Waals surface area contributed by atoms with Crippen LogP contribution >= 0.6 is 0 Å². The zero-order valence-electron chi connectivity index (χ0n) is 17.3. The van der Waals surface area contributed by atoms with Crippen molar-refractivity contribution in [3.05, 3.63) is 12.7 Å². The molecule has 3 atom stereocenters. The van der Waals surface area contributed by atoms with Crippen LogP contribution in [0.25, 0.3) is 11.2 Å². The van der Waals surface area contributed by atoms with Crippen molar-refractivity contribution in [1.29, 1.82) is 0 Å². The Hall–Kier alpha value is -2.04. The number of nitrogen functional groups attached to an aromatic ring is 1. The number of carbonyl (C=O) groups is 1. The summed E-state index contributed by atoms with van der Waals surface area (Å²) >= 11 is 0. The molecule has 0 aromatic carbocycles. The van der Waals surface area contributed by atoms with Crippen LogP contribution in [-0.2, 0) is 18.7 Å². The number of carbonyl (C=O) groups excluding carboxylic acids is 1. The van der Waals surface area contributed by atoms with Gasteiger partial charge in [-0.05, 0) is 18.1 Å². The Balaban J connectivity index is 1.86. The summed E-state index contributed by atoms with van der Waals surface area (Å²) in [7, 11) is -2.04. The normalized spacial score (nSPS) is 23.3. The summed E-state index contributed by atoms with van der Waals surface area (Å²) in [6, 6.07) is 0. The lowest BCUT2D eigenvalue weighted by molar-refractivity contribution is -0.147. The van der Waals surface area contributed by atoms with E-state index in [4.69, 9.17) is 19.6 Å². The molecule has 1 unspecified atom stereocenters. The number of fused-ring (bicyclic) bond motifs is 1. The van der Waals surface area contributed by atoms with Gasteiger partial charge in [0.05, 0.1) is 12.4 Å². The first-order chi connectivity index (χ1) is 13.0. The summed E-state index contributed by atoms with van der Waals surface area (Å²) in [4.78, 5) is 23.9. The number of anilines is 1. The number of hydrogen-bond acceptors (Lipinski definition) is 8. The molecule has 0 spiro atoms. The van der Waals surface area contributed by atoms with Gasteiger partial charge in [-0.3, -0.25) is 9.36 Å². The van der Waals surface area contributed by atoms with E-state index in [9.17, 15) is 4.79 Å². The van der Waals surface area contributed by atoms with E-state index in [1.165, 1.54) is 13.3 Å². The van der Waals surface area contributed by atoms with Crippen molar-refractivity contribution in [2.75, 3.05) is 12.3 Å². The van der Waals surface area contributed by atoms with Crippen LogP contribution in [0.15, 0.2) is 12.7 Å². The van der Waals surface area contributed by atoms with E-state index in [0.29, 0.717) is 23.4 Å². The van der Waals surface area contributed by atoms with Gasteiger partial charge in [-0.25, -0.2) is 15.0 Å². The second-order valence-corrected chi connectivity index (χ2v) is 13.4. The molecular formula is C18H29N5O4Si. The predicted octanol–water partition coefficient (Wildman–Crippen LogP) is 2.65. The molecule has 0 amide bonds. The lowest BCUT2D eigenvalue weighted by Crippen LogP contribution is -2.46. The Morgan fingerprint density at radius 2 is 2.07 bits per heavy atom. The van der Waals surface area contributed by atoms with E-state index >= 15 is 0 Å². The molecule has 2 N–H and O–H groups in total. The predicted molar refractivity (Wildman–Crippen MR) is 107 cm³/mol. The fourth-order valence-electron chi connectivity index (χ4n) is 2.98. The maximum absolute atomic E-state index is 11.3. The van der Waals surface area contributed by atoms with Crippen LogP contribution in [0.1, 0.15) is 40.3 Å². The monoisotopic (exact) mass is 407 g/mol. The van der Waals surface area contributed by atoms with Gasteiger partial charge in [-0.15, -0.1) is 0 Å². The van der Waals surface area contributed by atoms with Crippen LogP contribution in [0.2, 0.25) is 18.1 Å². The molecule has 0 saturated carbocycles. The number of hydrogen-bond donors (Lipinski definition) is 1. The molecule has 1 fully saturated rings. The first kappa shape index (κ1) is 20.7. The molecule has 9 nitrogen and oxygen atoms in total. The van der Waals surface area contributed by atoms with Crippen LogP contribution in [0, 0.1) is 0 Å². The molecule has 1 aliphatic rings. The molecule has 0 radical (unpaired) electrons. The standard InChI is InChI=1S/C18H29N5O4Si/c1-11(24)25-8-13-12(27-28(5,6)18(2,3)4)7-14(26-13)23-10-22-15-16(19)20-9-21-17(15)23/h9-10,12-14H,7-8H2,1-6H3,(H2,19,20,21)/t12?,13-,14-/m0/s1. The van der Waals surface area contributed by atoms with Crippen LogP contribution in [0.3, 0.4) is 0 Å². The number of esters is 1. The third kappa shape index (κ3) is 4.03. The molecule has 3 heterocycles. The Morgan fingerprint density at radius 1 is 1.36 bits per heavy atom. The van der Waals surface area contributed by atoms with E-state index in [1.807, 2.05) is 4.57 Å². The molecule has 2 aromatic heterocycles. The van der Waals surface area contributed by atoms with Crippen molar-refractivity contribution in [3.63, 3.8) is 0 Å². The average molecular weight is 408 g/mol. The van der Waals surface area contributed by atoms with Gasteiger partial charge in [0.25, 0.3) is 0 Å². The summed E-state index contributed by atoms with van der Waals surface area (Å²) in [5.41, 5.74) is 7.04. The third-order valence-corrected chi connectivity index (χ3v) is 10.1. The molecular weight excluding hydrogens is 378 g/mol. The highest BCUT2D eigenvalue weighted by Crippen LogP contribution is 2.41. The van der Waals surface area contributed by atoms with Crippen molar-refractivity contribution >= 4 is 31.3 Å². The third-order valence-electron chi connectivity index (χ3n) is 5.58. The quantitative estimate of drug-likeness (QED) is 0.594. The van der Waals surface area contributed by atoms with E-state index in [0.717, 1.165) is 0 Å². The molecule has 154 valence electrons. The minimum absolute atomic E-state index is 0.0560. The molecule has 3 rings (SSSR count). The maximum Gasteiger partial charge on any atom is 0.302 e. The van der Waals surface area contributed by atoms with E-state index < -0.39 is 8.32 Å². The highest BCUT2D eigenvalue weighted by Gasteiger charge is 2.45. The van der Waals surface area contributed by atoms with Gasteiger partial charge in [0, 0.05) is 13.3 Å². The van der Waals surface area contributed by atoms with Crippen molar-refractivity contribution < 1.29 is 18.7 Å². The summed E-state index contributed by atoms with van der Waals surface area (Å²) in [6.45, 7) is 12.5. The number of ether oxygens (including phenoxy) is 2. The number of rotatable bonds is 5. The molecule has 28 heavy (non-hydrogen) atoms. The summed E-state index contributed by atoms with van der Waals surface area (Å²) in [6.07, 6.45) is 2.77. The SMILES string of the molecule is CC(=O)OC[C@@H]1O[C@H](n2cnc3c(N)ncnc32)CC1O[Si](C)(C)C(C)(C)C. The molecule has 0 aliphatic carbocycles. The molecule has 2 aromatic rings. The zero-order chi connectivity index (χ0) is 20.7. The van der Waals surface area contributed by atoms with Crippen molar-refractivity contribution in [1.82, 2.24) is 19.5 Å². The molecule has 1 aliphatic heterocycles. The topological polar surface area (TPSA) is 114 Å². The van der Waals surface area contributed by atoms with Gasteiger partial charge in [0.1, 0.15) is 30.8 Å². The average Bonchev–Trinajstić information content (AvgIpc) is 3.16. The summed E-state index contributed by atoms with van der Waals surface area (Å²) < 4.78 is 19.9. The second kappa shape index (κ2) is 7.41. The van der Waals surface area contributed by atoms with Crippen molar-refractivity contribution in [2.45, 2.75) is 70.7 Å². The largest absolute Gasteiger partial charge is 0.463 e. The highest BCUT2D eigenvalue weighted by molar-refractivity contribution is 6.74. The van der Waals surface area contributed by atoms with Crippen LogP contribution in [0.5, 0.6) is 0 Å². The fourth-order valence-corrected chi connectivity index (χ4v) is 4.34. The van der Waals surface area contributed by atoms with Crippen molar-refractivity contribution in [2.24, 2.45) is 0 Å². The van der Waals surface area contributed by atoms with E-state index in [2.05, 4.69) is 48.8 Å². The van der Waals surface area contributed by atoms with Gasteiger partial charge in [0.15, 0.2) is 19.8 Å². The zero-order valence-corrected chi connectivity index (χ0v) is 18.3. The van der Waals surface area contributed by atoms with Crippen LogP contribution in [0.4, 0.5) is 5.82 Å². The lowest BCUT2D eigenvalue weighted by Gasteiger charge is -2.39. The van der Waals surface area contributed by atoms with Crippen LogP contribution < -0.4 is 5.73 Å². The smallest absolute Gasteiger partial charge is 0.302 e. The number of imidazole rings is 1. The molecule has 1 saturated heterocycles. The van der Waals surface area contributed by atoms with Crippen molar-refractivity contribution in [3.8, 4) is 0 Å². The summed E-state index contributed by atoms with van der Waals surface area (Å²) in [5, 5.41) is 0.0560. The molecule has 10 heteroatoms. The number of nitrogens with two attached hydrogens (primary N) is 1.